The number of furan rings is 1. The number of anilines is 1. The lowest BCUT2D eigenvalue weighted by molar-refractivity contribution is -0.118. The number of rotatable bonds is 6. The van der Waals surface area contributed by atoms with E-state index in [1.54, 1.807) is 42.7 Å². The number of amides is 1. The molecule has 29 heavy (non-hydrogen) atoms. The number of nitrogens with one attached hydrogen (secondary N) is 1. The van der Waals surface area contributed by atoms with Crippen LogP contribution >= 0.6 is 0 Å². The van der Waals surface area contributed by atoms with Gasteiger partial charge in [0.1, 0.15) is 5.75 Å². The van der Waals surface area contributed by atoms with Crippen molar-refractivity contribution in [2.45, 2.75) is 13.8 Å². The largest absolute Gasteiger partial charge is 0.483 e. The van der Waals surface area contributed by atoms with Crippen LogP contribution in [0.5, 0.6) is 5.75 Å². The fourth-order valence-corrected chi connectivity index (χ4v) is 2.74. The fourth-order valence-electron chi connectivity index (χ4n) is 2.74. The summed E-state index contributed by atoms with van der Waals surface area (Å²) >= 11 is 0. The molecule has 0 aliphatic carbocycles. The van der Waals surface area contributed by atoms with Gasteiger partial charge in [0.25, 0.3) is 11.8 Å². The van der Waals surface area contributed by atoms with E-state index >= 15 is 0 Å². The first-order chi connectivity index (χ1) is 14.1. The van der Waals surface area contributed by atoms with Crippen molar-refractivity contribution in [3.05, 3.63) is 72.0 Å². The average molecular weight is 389 g/mol. The molecule has 2 heterocycles. The minimum absolute atomic E-state index is 0.0673. The molecule has 146 valence electrons. The zero-order valence-electron chi connectivity index (χ0n) is 16.0. The van der Waals surface area contributed by atoms with Gasteiger partial charge in [-0.2, -0.15) is 0 Å². The van der Waals surface area contributed by atoms with Crippen LogP contribution in [0.1, 0.15) is 11.1 Å². The van der Waals surface area contributed by atoms with Crippen molar-refractivity contribution in [2.24, 2.45) is 0 Å². The Labute approximate surface area is 167 Å². The van der Waals surface area contributed by atoms with Crippen LogP contribution in [0.25, 0.3) is 23.1 Å². The normalized spacial score (nSPS) is 10.7. The van der Waals surface area contributed by atoms with Crippen LogP contribution in [0.15, 0.2) is 69.7 Å². The Morgan fingerprint density at radius 1 is 1.03 bits per heavy atom. The number of aromatic nitrogens is 2. The molecule has 0 spiro atoms. The molecular formula is C22H19N3O4. The molecule has 2 aromatic heterocycles. The highest BCUT2D eigenvalue weighted by Gasteiger charge is 2.13. The highest BCUT2D eigenvalue weighted by atomic mass is 16.5. The summed E-state index contributed by atoms with van der Waals surface area (Å²) in [6.07, 6.45) is 1.54. The van der Waals surface area contributed by atoms with Gasteiger partial charge < -0.3 is 18.9 Å². The van der Waals surface area contributed by atoms with Crippen LogP contribution in [0.2, 0.25) is 0 Å². The predicted molar refractivity (Wildman–Crippen MR) is 107 cm³/mol. The maximum Gasteiger partial charge on any atom is 0.283 e. The molecule has 0 aliphatic heterocycles. The smallest absolute Gasteiger partial charge is 0.283 e. The van der Waals surface area contributed by atoms with E-state index in [1.165, 1.54) is 0 Å². The van der Waals surface area contributed by atoms with E-state index in [0.29, 0.717) is 29.0 Å². The molecule has 4 aromatic rings. The van der Waals surface area contributed by atoms with E-state index in [1.807, 2.05) is 32.0 Å². The Bertz CT molecular complexity index is 1120. The number of carbonyl (C=O) groups is 1. The third kappa shape index (κ3) is 4.35. The molecule has 0 aliphatic rings. The van der Waals surface area contributed by atoms with E-state index in [2.05, 4.69) is 15.5 Å². The van der Waals surface area contributed by atoms with Crippen LogP contribution in [0.3, 0.4) is 0 Å². The van der Waals surface area contributed by atoms with Crippen LogP contribution in [-0.4, -0.2) is 22.7 Å². The third-order valence-electron chi connectivity index (χ3n) is 4.27. The lowest BCUT2D eigenvalue weighted by Gasteiger charge is -2.10. The lowest BCUT2D eigenvalue weighted by Crippen LogP contribution is -2.20. The second-order valence-electron chi connectivity index (χ2n) is 6.57. The number of aryl methyl sites for hydroxylation is 2. The molecule has 2 aromatic carbocycles. The molecule has 0 bridgehead atoms. The second kappa shape index (κ2) is 8.02. The summed E-state index contributed by atoms with van der Waals surface area (Å²) in [4.78, 5) is 12.2. The molecule has 1 N–H and O–H groups in total. The van der Waals surface area contributed by atoms with E-state index in [4.69, 9.17) is 13.6 Å². The summed E-state index contributed by atoms with van der Waals surface area (Å²) in [6, 6.07) is 16.5. The minimum atomic E-state index is -0.239. The van der Waals surface area contributed by atoms with Crippen LogP contribution < -0.4 is 10.1 Å². The van der Waals surface area contributed by atoms with Crippen molar-refractivity contribution < 1.29 is 18.4 Å². The van der Waals surface area contributed by atoms with Crippen LogP contribution in [-0.2, 0) is 4.79 Å². The molecule has 0 saturated carbocycles. The zero-order chi connectivity index (χ0) is 20.2. The maximum absolute atomic E-state index is 12.2. The Morgan fingerprint density at radius 2 is 1.83 bits per heavy atom. The summed E-state index contributed by atoms with van der Waals surface area (Å²) in [5.41, 5.74) is 3.45. The monoisotopic (exact) mass is 389 g/mol. The van der Waals surface area contributed by atoms with Gasteiger partial charge in [-0.1, -0.05) is 12.1 Å². The molecular weight excluding hydrogens is 370 g/mol. The Kier molecular flexibility index (Phi) is 5.11. The average Bonchev–Trinajstić information content (AvgIpc) is 3.41. The van der Waals surface area contributed by atoms with Gasteiger partial charge in [-0.05, 0) is 67.4 Å². The first kappa shape index (κ1) is 18.5. The topological polar surface area (TPSA) is 90.4 Å². The van der Waals surface area contributed by atoms with Crippen molar-refractivity contribution in [2.75, 3.05) is 11.9 Å². The van der Waals surface area contributed by atoms with Crippen molar-refractivity contribution in [1.82, 2.24) is 10.2 Å². The summed E-state index contributed by atoms with van der Waals surface area (Å²) < 4.78 is 16.5. The quantitative estimate of drug-likeness (QED) is 0.517. The Morgan fingerprint density at radius 3 is 2.59 bits per heavy atom. The van der Waals surface area contributed by atoms with Gasteiger partial charge in [0.15, 0.2) is 12.4 Å². The Hall–Kier alpha value is -3.87. The van der Waals surface area contributed by atoms with Crippen LogP contribution in [0, 0.1) is 13.8 Å². The summed E-state index contributed by atoms with van der Waals surface area (Å²) in [5.74, 6) is 1.66. The molecule has 4 rings (SSSR count). The summed E-state index contributed by atoms with van der Waals surface area (Å²) in [7, 11) is 0. The zero-order valence-corrected chi connectivity index (χ0v) is 16.0. The molecule has 1 amide bonds. The number of nitrogens with zero attached hydrogens (tertiary/aromatic N) is 2. The molecule has 7 nitrogen and oxygen atoms in total. The number of carbonyl (C=O) groups excluding carboxylic acids is 1. The summed E-state index contributed by atoms with van der Waals surface area (Å²) in [6.45, 7) is 3.86. The van der Waals surface area contributed by atoms with Crippen molar-refractivity contribution in [3.63, 3.8) is 0 Å². The standard InChI is InChI=1S/C22H19N3O4/c1-14-5-6-15(2)19(12-14)28-13-20(26)23-17-9-7-16(8-10-17)21-24-25-22(29-21)18-4-3-11-27-18/h3-12H,13H2,1-2H3,(H,23,26). The van der Waals surface area contributed by atoms with Gasteiger partial charge in [-0.3, -0.25) is 4.79 Å². The third-order valence-corrected chi connectivity index (χ3v) is 4.27. The Balaban J connectivity index is 1.37. The first-order valence-electron chi connectivity index (χ1n) is 9.06. The number of hydrogen-bond donors (Lipinski definition) is 1. The molecule has 0 unspecified atom stereocenters. The number of benzene rings is 2. The van der Waals surface area contributed by atoms with Gasteiger partial charge in [-0.15, -0.1) is 10.2 Å². The van der Waals surface area contributed by atoms with Crippen molar-refractivity contribution in [1.29, 1.82) is 0 Å². The number of hydrogen-bond acceptors (Lipinski definition) is 6. The van der Waals surface area contributed by atoms with Gasteiger partial charge in [-0.25, -0.2) is 0 Å². The van der Waals surface area contributed by atoms with Gasteiger partial charge >= 0.3 is 0 Å². The predicted octanol–water partition coefficient (Wildman–Crippen LogP) is 4.63. The number of ether oxygens (including phenoxy) is 1. The lowest BCUT2D eigenvalue weighted by atomic mass is 10.1. The molecule has 7 heteroatoms. The fraction of sp³-hybridized carbons (Fsp3) is 0.136. The van der Waals surface area contributed by atoms with Crippen molar-refractivity contribution >= 4 is 11.6 Å². The van der Waals surface area contributed by atoms with Gasteiger partial charge in [0.2, 0.25) is 5.89 Å². The highest BCUT2D eigenvalue weighted by Crippen LogP contribution is 2.25. The van der Waals surface area contributed by atoms with Gasteiger partial charge in [0, 0.05) is 11.3 Å². The minimum Gasteiger partial charge on any atom is -0.483 e. The first-order valence-corrected chi connectivity index (χ1v) is 9.06. The van der Waals surface area contributed by atoms with E-state index in [9.17, 15) is 4.79 Å². The molecule has 0 saturated heterocycles. The van der Waals surface area contributed by atoms with Crippen molar-refractivity contribution in [3.8, 4) is 28.9 Å². The SMILES string of the molecule is Cc1ccc(C)c(OCC(=O)Nc2ccc(-c3nnc(-c4ccco4)o3)cc2)c1. The van der Waals surface area contributed by atoms with Crippen LogP contribution in [0.4, 0.5) is 5.69 Å². The molecule has 0 radical (unpaired) electrons. The second-order valence-corrected chi connectivity index (χ2v) is 6.57. The highest BCUT2D eigenvalue weighted by molar-refractivity contribution is 5.92. The van der Waals surface area contributed by atoms with E-state index < -0.39 is 0 Å². The molecule has 0 atom stereocenters. The summed E-state index contributed by atoms with van der Waals surface area (Å²) in [5, 5.41) is 10.8. The van der Waals surface area contributed by atoms with E-state index in [0.717, 1.165) is 16.7 Å². The van der Waals surface area contributed by atoms with Gasteiger partial charge in [0.05, 0.1) is 6.26 Å². The maximum atomic E-state index is 12.2. The molecule has 0 fully saturated rings. The van der Waals surface area contributed by atoms with E-state index in [-0.39, 0.29) is 12.5 Å².